The number of carbonyl (C=O) groups excluding carboxylic acids is 1. The van der Waals surface area contributed by atoms with E-state index in [1.165, 1.54) is 11.0 Å². The van der Waals surface area contributed by atoms with Gasteiger partial charge in [-0.25, -0.2) is 8.78 Å². The molecule has 0 radical (unpaired) electrons. The van der Waals surface area contributed by atoms with Crippen molar-refractivity contribution in [1.82, 2.24) is 4.90 Å². The second-order valence-electron chi connectivity index (χ2n) is 3.68. The molecule has 94 valence electrons. The molecule has 5 heteroatoms. The summed E-state index contributed by atoms with van der Waals surface area (Å²) in [4.78, 5) is 13.3. The fourth-order valence-electron chi connectivity index (χ4n) is 1.60. The van der Waals surface area contributed by atoms with Gasteiger partial charge in [0.2, 0.25) is 0 Å². The standard InChI is InChI=1S/C12H16F2N2O/c1-2-7-16(8-6-15)12(17)11-9(13)4-3-5-10(11)14/h3-5H,2,6-8,15H2,1H3. The topological polar surface area (TPSA) is 46.3 Å². The number of nitrogens with zero attached hydrogens (tertiary/aromatic N) is 1. The second kappa shape index (κ2) is 6.30. The predicted octanol–water partition coefficient (Wildman–Crippen LogP) is 1.78. The zero-order valence-corrected chi connectivity index (χ0v) is 9.75. The highest BCUT2D eigenvalue weighted by Gasteiger charge is 2.21. The van der Waals surface area contributed by atoms with Crippen molar-refractivity contribution < 1.29 is 13.6 Å². The fraction of sp³-hybridized carbons (Fsp3) is 0.417. The Bertz CT molecular complexity index is 370. The molecule has 0 unspecified atom stereocenters. The third kappa shape index (κ3) is 3.23. The van der Waals surface area contributed by atoms with Gasteiger partial charge in [-0.1, -0.05) is 13.0 Å². The molecule has 0 atom stereocenters. The normalized spacial score (nSPS) is 10.4. The largest absolute Gasteiger partial charge is 0.337 e. The Morgan fingerprint density at radius 3 is 2.35 bits per heavy atom. The Morgan fingerprint density at radius 1 is 1.29 bits per heavy atom. The minimum Gasteiger partial charge on any atom is -0.337 e. The van der Waals surface area contributed by atoms with Crippen LogP contribution in [0.3, 0.4) is 0 Å². The van der Waals surface area contributed by atoms with Crippen LogP contribution in [0.25, 0.3) is 0 Å². The first-order chi connectivity index (χ1) is 8.11. The summed E-state index contributed by atoms with van der Waals surface area (Å²) in [6.07, 6.45) is 0.710. The monoisotopic (exact) mass is 242 g/mol. The molecule has 1 rings (SSSR count). The van der Waals surface area contributed by atoms with Crippen LogP contribution in [-0.4, -0.2) is 30.4 Å². The molecule has 1 aromatic carbocycles. The van der Waals surface area contributed by atoms with Crippen molar-refractivity contribution in [2.75, 3.05) is 19.6 Å². The lowest BCUT2D eigenvalue weighted by atomic mass is 10.1. The van der Waals surface area contributed by atoms with Crippen LogP contribution in [-0.2, 0) is 0 Å². The van der Waals surface area contributed by atoms with Gasteiger partial charge < -0.3 is 10.6 Å². The van der Waals surface area contributed by atoms with E-state index in [-0.39, 0.29) is 6.54 Å². The van der Waals surface area contributed by atoms with Crippen LogP contribution in [0.2, 0.25) is 0 Å². The molecule has 0 spiro atoms. The lowest BCUT2D eigenvalue weighted by molar-refractivity contribution is 0.0750. The van der Waals surface area contributed by atoms with Crippen molar-refractivity contribution in [3.63, 3.8) is 0 Å². The molecular weight excluding hydrogens is 226 g/mol. The van der Waals surface area contributed by atoms with Gasteiger partial charge in [-0.2, -0.15) is 0 Å². The van der Waals surface area contributed by atoms with Gasteiger partial charge in [-0.05, 0) is 18.6 Å². The van der Waals surface area contributed by atoms with E-state index >= 15 is 0 Å². The van der Waals surface area contributed by atoms with Crippen molar-refractivity contribution in [3.8, 4) is 0 Å². The smallest absolute Gasteiger partial charge is 0.259 e. The highest BCUT2D eigenvalue weighted by molar-refractivity contribution is 5.94. The number of hydrogen-bond donors (Lipinski definition) is 1. The summed E-state index contributed by atoms with van der Waals surface area (Å²) < 4.78 is 26.8. The third-order valence-electron chi connectivity index (χ3n) is 2.36. The number of benzene rings is 1. The maximum Gasteiger partial charge on any atom is 0.259 e. The number of rotatable bonds is 5. The van der Waals surface area contributed by atoms with Gasteiger partial charge >= 0.3 is 0 Å². The van der Waals surface area contributed by atoms with Gasteiger partial charge in [-0.3, -0.25) is 4.79 Å². The first-order valence-corrected chi connectivity index (χ1v) is 5.55. The molecular formula is C12H16F2N2O. The maximum atomic E-state index is 13.4. The van der Waals surface area contributed by atoms with E-state index in [0.29, 0.717) is 19.5 Å². The van der Waals surface area contributed by atoms with E-state index in [9.17, 15) is 13.6 Å². The number of hydrogen-bond acceptors (Lipinski definition) is 2. The van der Waals surface area contributed by atoms with Crippen LogP contribution in [0.4, 0.5) is 8.78 Å². The Morgan fingerprint density at radius 2 is 1.88 bits per heavy atom. The average molecular weight is 242 g/mol. The van der Waals surface area contributed by atoms with E-state index in [1.807, 2.05) is 6.92 Å². The molecule has 17 heavy (non-hydrogen) atoms. The number of nitrogens with two attached hydrogens (primary N) is 1. The molecule has 0 fully saturated rings. The third-order valence-corrected chi connectivity index (χ3v) is 2.36. The van der Waals surface area contributed by atoms with Gasteiger partial charge in [0.25, 0.3) is 5.91 Å². The molecule has 1 aromatic rings. The van der Waals surface area contributed by atoms with Crippen LogP contribution < -0.4 is 5.73 Å². The zero-order chi connectivity index (χ0) is 12.8. The Hall–Kier alpha value is -1.49. The summed E-state index contributed by atoms with van der Waals surface area (Å²) in [7, 11) is 0. The average Bonchev–Trinajstić information content (AvgIpc) is 2.28. The summed E-state index contributed by atoms with van der Waals surface area (Å²) in [6.45, 7) is 2.88. The predicted molar refractivity (Wildman–Crippen MR) is 61.6 cm³/mol. The highest BCUT2D eigenvalue weighted by Crippen LogP contribution is 2.14. The maximum absolute atomic E-state index is 13.4. The number of carbonyl (C=O) groups is 1. The van der Waals surface area contributed by atoms with Crippen molar-refractivity contribution >= 4 is 5.91 Å². The van der Waals surface area contributed by atoms with Crippen molar-refractivity contribution in [2.24, 2.45) is 5.73 Å². The van der Waals surface area contributed by atoms with Crippen LogP contribution in [0.15, 0.2) is 18.2 Å². The van der Waals surface area contributed by atoms with Gasteiger partial charge in [0.1, 0.15) is 17.2 Å². The van der Waals surface area contributed by atoms with Crippen molar-refractivity contribution in [1.29, 1.82) is 0 Å². The molecule has 0 saturated carbocycles. The molecule has 0 saturated heterocycles. The van der Waals surface area contributed by atoms with E-state index in [0.717, 1.165) is 12.1 Å². The molecule has 0 heterocycles. The van der Waals surface area contributed by atoms with E-state index in [4.69, 9.17) is 5.73 Å². The minimum absolute atomic E-state index is 0.266. The molecule has 3 nitrogen and oxygen atoms in total. The van der Waals surface area contributed by atoms with Gasteiger partial charge in [0, 0.05) is 19.6 Å². The lowest BCUT2D eigenvalue weighted by Crippen LogP contribution is -2.36. The Kier molecular flexibility index (Phi) is 5.03. The number of amides is 1. The van der Waals surface area contributed by atoms with Crippen molar-refractivity contribution in [2.45, 2.75) is 13.3 Å². The Balaban J connectivity index is 3.00. The van der Waals surface area contributed by atoms with E-state index in [2.05, 4.69) is 0 Å². The number of halogens is 2. The summed E-state index contributed by atoms with van der Waals surface area (Å²) in [5.41, 5.74) is 4.87. The van der Waals surface area contributed by atoms with Crippen molar-refractivity contribution in [3.05, 3.63) is 35.4 Å². The first kappa shape index (κ1) is 13.6. The minimum atomic E-state index is -0.840. The molecule has 0 bridgehead atoms. The van der Waals surface area contributed by atoms with Crippen LogP contribution >= 0.6 is 0 Å². The zero-order valence-electron chi connectivity index (χ0n) is 9.75. The summed E-state index contributed by atoms with van der Waals surface area (Å²) >= 11 is 0. The van der Waals surface area contributed by atoms with Gasteiger partial charge in [-0.15, -0.1) is 0 Å². The molecule has 0 aliphatic rings. The fourth-order valence-corrected chi connectivity index (χ4v) is 1.60. The molecule has 2 N–H and O–H groups in total. The van der Waals surface area contributed by atoms with Crippen LogP contribution in [0, 0.1) is 11.6 Å². The SMILES string of the molecule is CCCN(CCN)C(=O)c1c(F)cccc1F. The molecule has 0 aliphatic heterocycles. The Labute approximate surface area is 99.2 Å². The summed E-state index contributed by atoms with van der Waals surface area (Å²) in [6, 6.07) is 3.38. The van der Waals surface area contributed by atoms with Crippen LogP contribution in [0.1, 0.15) is 23.7 Å². The highest BCUT2D eigenvalue weighted by atomic mass is 19.1. The lowest BCUT2D eigenvalue weighted by Gasteiger charge is -2.21. The molecule has 1 amide bonds. The second-order valence-corrected chi connectivity index (χ2v) is 3.68. The van der Waals surface area contributed by atoms with Crippen LogP contribution in [0.5, 0.6) is 0 Å². The molecule has 0 aliphatic carbocycles. The quantitative estimate of drug-likeness (QED) is 0.855. The van der Waals surface area contributed by atoms with Gasteiger partial charge in [0.05, 0.1) is 0 Å². The summed E-state index contributed by atoms with van der Waals surface area (Å²) in [5.74, 6) is -2.32. The first-order valence-electron chi connectivity index (χ1n) is 5.55. The van der Waals surface area contributed by atoms with Gasteiger partial charge in [0.15, 0.2) is 0 Å². The van der Waals surface area contributed by atoms with E-state index < -0.39 is 23.1 Å². The molecule has 0 aromatic heterocycles. The summed E-state index contributed by atoms with van der Waals surface area (Å²) in [5, 5.41) is 0. The van der Waals surface area contributed by atoms with E-state index in [1.54, 1.807) is 0 Å².